The van der Waals surface area contributed by atoms with Crippen molar-refractivity contribution in [1.29, 1.82) is 0 Å². The van der Waals surface area contributed by atoms with Crippen molar-refractivity contribution in [3.8, 4) is 0 Å². The Morgan fingerprint density at radius 2 is 1.82 bits per heavy atom. The van der Waals surface area contributed by atoms with Crippen LogP contribution in [0.3, 0.4) is 0 Å². The van der Waals surface area contributed by atoms with Crippen molar-refractivity contribution in [1.82, 2.24) is 4.90 Å². The van der Waals surface area contributed by atoms with Gasteiger partial charge in [0.2, 0.25) is 0 Å². The second-order valence-electron chi connectivity index (χ2n) is 6.08. The largest absolute Gasteiger partial charge is 0.480 e. The molecule has 2 aliphatic rings. The van der Waals surface area contributed by atoms with Gasteiger partial charge in [0, 0.05) is 0 Å². The highest BCUT2D eigenvalue weighted by Gasteiger charge is 2.48. The minimum atomic E-state index is -0.585. The van der Waals surface area contributed by atoms with E-state index in [-0.39, 0.29) is 0 Å². The van der Waals surface area contributed by atoms with Crippen LogP contribution in [0.25, 0.3) is 0 Å². The van der Waals surface area contributed by atoms with Gasteiger partial charge < -0.3 is 5.11 Å². The van der Waals surface area contributed by atoms with Gasteiger partial charge in [0.15, 0.2) is 0 Å². The molecule has 1 heterocycles. The molecule has 0 amide bonds. The molecule has 0 bridgehead atoms. The maximum Gasteiger partial charge on any atom is 0.324 e. The molecular formula is C14H25NO2. The molecule has 0 aromatic rings. The van der Waals surface area contributed by atoms with E-state index in [1.54, 1.807) is 0 Å². The normalized spacial score (nSPS) is 40.1. The van der Waals surface area contributed by atoms with Crippen LogP contribution in [0.2, 0.25) is 0 Å². The average Bonchev–Trinajstić information content (AvgIpc) is 2.33. The molecule has 3 atom stereocenters. The fraction of sp³-hybridized carbons (Fsp3) is 0.929. The molecule has 0 aromatic heterocycles. The lowest BCUT2D eigenvalue weighted by atomic mass is 9.70. The molecule has 0 spiro atoms. The van der Waals surface area contributed by atoms with Gasteiger partial charge in [-0.1, -0.05) is 20.3 Å². The van der Waals surface area contributed by atoms with E-state index in [0.717, 1.165) is 32.4 Å². The molecule has 0 radical (unpaired) electrons. The van der Waals surface area contributed by atoms with Gasteiger partial charge in [-0.25, -0.2) is 0 Å². The van der Waals surface area contributed by atoms with Crippen molar-refractivity contribution < 1.29 is 9.90 Å². The first-order valence-corrected chi connectivity index (χ1v) is 7.05. The maximum atomic E-state index is 11.8. The third-order valence-corrected chi connectivity index (χ3v) is 5.00. The van der Waals surface area contributed by atoms with Crippen molar-refractivity contribution in [3.05, 3.63) is 0 Å². The third-order valence-electron chi connectivity index (χ3n) is 5.00. The number of hydrogen-bond donors (Lipinski definition) is 1. The number of carbonyl (C=O) groups is 1. The molecular weight excluding hydrogens is 214 g/mol. The summed E-state index contributed by atoms with van der Waals surface area (Å²) in [6.45, 7) is 6.43. The van der Waals surface area contributed by atoms with E-state index in [4.69, 9.17) is 0 Å². The first-order valence-electron chi connectivity index (χ1n) is 7.05. The molecule has 17 heavy (non-hydrogen) atoms. The fourth-order valence-electron chi connectivity index (χ4n) is 3.53. The number of rotatable bonds is 2. The van der Waals surface area contributed by atoms with Gasteiger partial charge in [-0.2, -0.15) is 0 Å². The summed E-state index contributed by atoms with van der Waals surface area (Å²) >= 11 is 0. The molecule has 1 aliphatic carbocycles. The number of hydrogen-bond acceptors (Lipinski definition) is 2. The van der Waals surface area contributed by atoms with Crippen LogP contribution in [0.15, 0.2) is 0 Å². The topological polar surface area (TPSA) is 40.5 Å². The van der Waals surface area contributed by atoms with Crippen LogP contribution in [-0.4, -0.2) is 34.6 Å². The fourth-order valence-corrected chi connectivity index (χ4v) is 3.53. The van der Waals surface area contributed by atoms with E-state index in [0.29, 0.717) is 11.8 Å². The Kier molecular flexibility index (Phi) is 3.76. The van der Waals surface area contributed by atoms with Crippen LogP contribution in [0.1, 0.15) is 52.4 Å². The minimum Gasteiger partial charge on any atom is -0.480 e. The van der Waals surface area contributed by atoms with Crippen molar-refractivity contribution in [2.24, 2.45) is 11.8 Å². The molecule has 2 rings (SSSR count). The summed E-state index contributed by atoms with van der Waals surface area (Å²) in [6.07, 6.45) is 6.33. The zero-order valence-electron chi connectivity index (χ0n) is 11.1. The third kappa shape index (κ3) is 2.35. The smallest absolute Gasteiger partial charge is 0.324 e. The van der Waals surface area contributed by atoms with E-state index in [1.807, 2.05) is 0 Å². The number of piperidine rings is 1. The van der Waals surface area contributed by atoms with Crippen LogP contribution in [0.4, 0.5) is 0 Å². The van der Waals surface area contributed by atoms with Gasteiger partial charge in [0.25, 0.3) is 0 Å². The Hall–Kier alpha value is -0.570. The number of aliphatic carboxylic acids is 1. The number of carboxylic acid groups (broad SMARTS) is 1. The highest BCUT2D eigenvalue weighted by atomic mass is 16.4. The quantitative estimate of drug-likeness (QED) is 0.805. The standard InChI is InChI=1S/C14H25NO2/c1-11-6-7-14(13(16)17,10-12(11)2)15-8-4-3-5-9-15/h11-12H,3-10H2,1-2H3,(H,16,17). The number of carboxylic acids is 1. The highest BCUT2D eigenvalue weighted by molar-refractivity contribution is 5.79. The number of likely N-dealkylation sites (tertiary alicyclic amines) is 1. The van der Waals surface area contributed by atoms with Crippen molar-refractivity contribution >= 4 is 5.97 Å². The summed E-state index contributed by atoms with van der Waals surface area (Å²) in [5.74, 6) is 0.618. The summed E-state index contributed by atoms with van der Waals surface area (Å²) in [7, 11) is 0. The molecule has 98 valence electrons. The van der Waals surface area contributed by atoms with Crippen LogP contribution in [0, 0.1) is 11.8 Å². The predicted molar refractivity (Wildman–Crippen MR) is 68.0 cm³/mol. The van der Waals surface area contributed by atoms with Crippen molar-refractivity contribution in [2.75, 3.05) is 13.1 Å². The average molecular weight is 239 g/mol. The highest BCUT2D eigenvalue weighted by Crippen LogP contribution is 2.41. The van der Waals surface area contributed by atoms with Gasteiger partial charge in [0.1, 0.15) is 5.54 Å². The summed E-state index contributed by atoms with van der Waals surface area (Å²) in [5.41, 5.74) is -0.549. The SMILES string of the molecule is CC1CCC(C(=O)O)(N2CCCCC2)CC1C. The van der Waals surface area contributed by atoms with Crippen molar-refractivity contribution in [3.63, 3.8) is 0 Å². The Morgan fingerprint density at radius 1 is 1.18 bits per heavy atom. The second-order valence-corrected chi connectivity index (χ2v) is 6.08. The lowest BCUT2D eigenvalue weighted by molar-refractivity contribution is -0.157. The molecule has 0 aromatic carbocycles. The van der Waals surface area contributed by atoms with Crippen LogP contribution in [0.5, 0.6) is 0 Å². The molecule has 1 saturated heterocycles. The second kappa shape index (κ2) is 4.97. The zero-order chi connectivity index (χ0) is 12.5. The molecule has 1 saturated carbocycles. The van der Waals surface area contributed by atoms with Gasteiger partial charge in [-0.15, -0.1) is 0 Å². The summed E-state index contributed by atoms with van der Waals surface area (Å²) in [5, 5.41) is 9.70. The zero-order valence-corrected chi connectivity index (χ0v) is 11.1. The first kappa shape index (κ1) is 12.9. The lowest BCUT2D eigenvalue weighted by Gasteiger charge is -2.48. The van der Waals surface area contributed by atoms with Crippen LogP contribution >= 0.6 is 0 Å². The van der Waals surface area contributed by atoms with Gasteiger partial charge in [-0.3, -0.25) is 9.69 Å². The Labute approximate surface area is 104 Å². The van der Waals surface area contributed by atoms with Crippen LogP contribution in [-0.2, 0) is 4.79 Å². The predicted octanol–water partition coefficient (Wildman–Crippen LogP) is 2.75. The van der Waals surface area contributed by atoms with Gasteiger partial charge in [-0.05, 0) is 57.0 Å². The van der Waals surface area contributed by atoms with Gasteiger partial charge in [0.05, 0.1) is 0 Å². The minimum absolute atomic E-state index is 0.529. The van der Waals surface area contributed by atoms with Gasteiger partial charge >= 0.3 is 5.97 Å². The summed E-state index contributed by atoms with van der Waals surface area (Å²) < 4.78 is 0. The maximum absolute atomic E-state index is 11.8. The Bertz CT molecular complexity index is 286. The summed E-state index contributed by atoms with van der Waals surface area (Å²) in [4.78, 5) is 14.1. The summed E-state index contributed by atoms with van der Waals surface area (Å²) in [6, 6.07) is 0. The van der Waals surface area contributed by atoms with E-state index < -0.39 is 11.5 Å². The number of nitrogens with zero attached hydrogens (tertiary/aromatic N) is 1. The first-order chi connectivity index (χ1) is 8.06. The van der Waals surface area contributed by atoms with E-state index in [2.05, 4.69) is 18.7 Å². The van der Waals surface area contributed by atoms with Crippen LogP contribution < -0.4 is 0 Å². The van der Waals surface area contributed by atoms with E-state index in [9.17, 15) is 9.90 Å². The Morgan fingerprint density at radius 3 is 2.35 bits per heavy atom. The molecule has 2 fully saturated rings. The molecule has 3 heteroatoms. The van der Waals surface area contributed by atoms with E-state index in [1.165, 1.54) is 19.3 Å². The molecule has 1 N–H and O–H groups in total. The molecule has 3 nitrogen and oxygen atoms in total. The molecule has 3 unspecified atom stereocenters. The van der Waals surface area contributed by atoms with E-state index >= 15 is 0 Å². The lowest BCUT2D eigenvalue weighted by Crippen LogP contribution is -2.59. The van der Waals surface area contributed by atoms with Crippen molar-refractivity contribution in [2.45, 2.75) is 57.9 Å². The monoisotopic (exact) mass is 239 g/mol. The Balaban J connectivity index is 2.17. The molecule has 1 aliphatic heterocycles.